The second-order valence-corrected chi connectivity index (χ2v) is 18.1. The summed E-state index contributed by atoms with van der Waals surface area (Å²) >= 11 is 0. The second-order valence-electron chi connectivity index (χ2n) is 18.1. The topological polar surface area (TPSA) is 48.5 Å². The lowest BCUT2D eigenvalue weighted by Gasteiger charge is -2.23. The Morgan fingerprint density at radius 1 is 0.400 bits per heavy atom. The summed E-state index contributed by atoms with van der Waals surface area (Å²) in [6, 6.07) is 68.1. The molecule has 0 N–H and O–H groups in total. The van der Waals surface area contributed by atoms with Crippen molar-refractivity contribution in [2.45, 2.75) is 33.1 Å². The zero-order valence-electron chi connectivity index (χ0n) is 36.6. The third-order valence-corrected chi connectivity index (χ3v) is 13.9. The Hall–Kier alpha value is -8.15. The van der Waals surface area contributed by atoms with Crippen LogP contribution >= 0.6 is 0 Å². The number of fused-ring (bicyclic) bond motifs is 13. The molecule has 3 heterocycles. The summed E-state index contributed by atoms with van der Waals surface area (Å²) in [7, 11) is 0. The molecule has 13 rings (SSSR count). The van der Waals surface area contributed by atoms with E-state index in [0.29, 0.717) is 17.5 Å². The average Bonchev–Trinajstić information content (AvgIpc) is 3.95. The highest BCUT2D eigenvalue weighted by molar-refractivity contribution is 6.32. The Morgan fingerprint density at radius 2 is 0.923 bits per heavy atom. The van der Waals surface area contributed by atoms with Crippen molar-refractivity contribution >= 4 is 54.4 Å². The van der Waals surface area contributed by atoms with Gasteiger partial charge in [-0.3, -0.25) is 0 Å². The summed E-state index contributed by atoms with van der Waals surface area (Å²) in [5, 5.41) is 7.21. The molecule has 0 radical (unpaired) electrons. The molecule has 0 aliphatic heterocycles. The van der Waals surface area contributed by atoms with Gasteiger partial charge in [-0.15, -0.1) is 0 Å². The van der Waals surface area contributed by atoms with Crippen LogP contribution in [0.15, 0.2) is 188 Å². The van der Waals surface area contributed by atoms with Crippen LogP contribution in [0.4, 0.5) is 0 Å². The maximum atomic E-state index is 5.24. The lowest BCUT2D eigenvalue weighted by molar-refractivity contribution is 0.667. The maximum absolute atomic E-state index is 5.24. The van der Waals surface area contributed by atoms with Crippen LogP contribution in [0.2, 0.25) is 0 Å². The number of rotatable bonds is 5. The summed E-state index contributed by atoms with van der Waals surface area (Å²) in [6.07, 6.45) is 0. The van der Waals surface area contributed by atoms with Crippen LogP contribution in [0.5, 0.6) is 0 Å². The molecule has 308 valence electrons. The zero-order chi connectivity index (χ0) is 43.6. The standard InChI is InChI=1S/C60H43N5/c1-36-26-30-38(31-27-36)57-61-58(39-32-28-37(2)29-33-39)63-59(62-57)43-34-35-50(42-19-9-8-18-41(42)43)65-49-25-15-11-21-45(49)52-54-51(44-20-10-13-23-47(44)60(54,3)4)55-53(56(52)65)46-22-12-14-24-48(46)64(55)40-16-6-5-7-17-40/h5-35H,1-4H3. The number of benzene rings is 9. The van der Waals surface area contributed by atoms with Crippen LogP contribution in [-0.2, 0) is 5.41 Å². The Balaban J connectivity index is 1.16. The Kier molecular flexibility index (Phi) is 8.01. The van der Waals surface area contributed by atoms with E-state index in [-0.39, 0.29) is 5.41 Å². The molecule has 12 aromatic rings. The maximum Gasteiger partial charge on any atom is 0.164 e. The molecule has 0 saturated heterocycles. The molecule has 0 unspecified atom stereocenters. The number of aromatic nitrogens is 5. The van der Waals surface area contributed by atoms with Gasteiger partial charge < -0.3 is 9.13 Å². The van der Waals surface area contributed by atoms with E-state index < -0.39 is 0 Å². The highest BCUT2D eigenvalue weighted by atomic mass is 15.0. The van der Waals surface area contributed by atoms with E-state index in [1.165, 1.54) is 77.0 Å². The van der Waals surface area contributed by atoms with Crippen molar-refractivity contribution in [3.8, 4) is 56.7 Å². The van der Waals surface area contributed by atoms with Crippen molar-refractivity contribution < 1.29 is 0 Å². The van der Waals surface area contributed by atoms with Gasteiger partial charge in [-0.25, -0.2) is 15.0 Å². The fraction of sp³-hybridized carbons (Fsp3) is 0.0833. The fourth-order valence-electron chi connectivity index (χ4n) is 10.9. The molecule has 0 bridgehead atoms. The first-order valence-electron chi connectivity index (χ1n) is 22.5. The number of nitrogens with zero attached hydrogens (tertiary/aromatic N) is 5. The average molecular weight is 834 g/mol. The molecule has 5 nitrogen and oxygen atoms in total. The Morgan fingerprint density at radius 3 is 1.58 bits per heavy atom. The SMILES string of the molecule is Cc1ccc(-c2nc(-c3ccc(C)cc3)nc(-c3ccc(-n4c5ccccc5c5c6c(c7c(c8ccccc8n7-c7ccccc7)c54)-c4ccccc4C6(C)C)c4ccccc34)n2)cc1. The molecule has 5 heteroatoms. The summed E-state index contributed by atoms with van der Waals surface area (Å²) < 4.78 is 5.07. The second kappa shape index (κ2) is 13.9. The van der Waals surface area contributed by atoms with Crippen LogP contribution in [-0.4, -0.2) is 24.1 Å². The van der Waals surface area contributed by atoms with Crippen molar-refractivity contribution in [3.05, 3.63) is 210 Å². The normalized spacial score (nSPS) is 13.0. The first-order chi connectivity index (χ1) is 31.8. The van der Waals surface area contributed by atoms with Crippen molar-refractivity contribution in [3.63, 3.8) is 0 Å². The molecule has 9 aromatic carbocycles. The smallest absolute Gasteiger partial charge is 0.164 e. The van der Waals surface area contributed by atoms with Crippen LogP contribution < -0.4 is 0 Å². The van der Waals surface area contributed by atoms with E-state index in [9.17, 15) is 0 Å². The van der Waals surface area contributed by atoms with E-state index in [4.69, 9.17) is 15.0 Å². The zero-order valence-corrected chi connectivity index (χ0v) is 36.6. The van der Waals surface area contributed by atoms with Gasteiger partial charge in [-0.2, -0.15) is 0 Å². The van der Waals surface area contributed by atoms with Crippen LogP contribution in [0.1, 0.15) is 36.1 Å². The Labute approximate surface area is 376 Å². The van der Waals surface area contributed by atoms with Crippen molar-refractivity contribution in [2.24, 2.45) is 0 Å². The molecular weight excluding hydrogens is 791 g/mol. The van der Waals surface area contributed by atoms with Crippen molar-refractivity contribution in [1.29, 1.82) is 0 Å². The highest BCUT2D eigenvalue weighted by Gasteiger charge is 2.41. The number of hydrogen-bond acceptors (Lipinski definition) is 3. The first-order valence-corrected chi connectivity index (χ1v) is 22.5. The first kappa shape index (κ1) is 37.4. The van der Waals surface area contributed by atoms with Gasteiger partial charge in [0, 0.05) is 60.3 Å². The van der Waals surface area contributed by atoms with Gasteiger partial charge in [0.15, 0.2) is 17.5 Å². The van der Waals surface area contributed by atoms with Gasteiger partial charge >= 0.3 is 0 Å². The molecule has 0 atom stereocenters. The van der Waals surface area contributed by atoms with E-state index in [1.54, 1.807) is 0 Å². The molecule has 0 spiro atoms. The molecule has 0 saturated carbocycles. The van der Waals surface area contributed by atoms with E-state index in [2.05, 4.69) is 225 Å². The largest absolute Gasteiger partial charge is 0.309 e. The minimum absolute atomic E-state index is 0.278. The van der Waals surface area contributed by atoms with Crippen molar-refractivity contribution in [1.82, 2.24) is 24.1 Å². The van der Waals surface area contributed by atoms with Gasteiger partial charge in [0.05, 0.1) is 27.8 Å². The quantitative estimate of drug-likeness (QED) is 0.174. The predicted molar refractivity (Wildman–Crippen MR) is 269 cm³/mol. The third-order valence-electron chi connectivity index (χ3n) is 13.9. The lowest BCUT2D eigenvalue weighted by Crippen LogP contribution is -2.15. The molecular formula is C60H43N5. The number of aryl methyl sites for hydroxylation is 2. The van der Waals surface area contributed by atoms with Crippen LogP contribution in [0.3, 0.4) is 0 Å². The van der Waals surface area contributed by atoms with E-state index in [0.717, 1.165) is 38.8 Å². The van der Waals surface area contributed by atoms with Crippen LogP contribution in [0.25, 0.3) is 111 Å². The molecule has 0 fully saturated rings. The van der Waals surface area contributed by atoms with Gasteiger partial charge in [-0.1, -0.05) is 177 Å². The Bertz CT molecular complexity index is 3850. The number of para-hydroxylation sites is 3. The van der Waals surface area contributed by atoms with E-state index in [1.807, 2.05) is 0 Å². The van der Waals surface area contributed by atoms with Crippen LogP contribution in [0, 0.1) is 13.8 Å². The third kappa shape index (κ3) is 5.42. The molecule has 3 aromatic heterocycles. The minimum Gasteiger partial charge on any atom is -0.309 e. The minimum atomic E-state index is -0.278. The molecule has 1 aliphatic rings. The monoisotopic (exact) mass is 833 g/mol. The summed E-state index contributed by atoms with van der Waals surface area (Å²) in [4.78, 5) is 15.5. The van der Waals surface area contributed by atoms with Gasteiger partial charge in [0.1, 0.15) is 0 Å². The van der Waals surface area contributed by atoms with Gasteiger partial charge in [-0.05, 0) is 72.3 Å². The summed E-state index contributed by atoms with van der Waals surface area (Å²) in [5.41, 5.74) is 17.4. The predicted octanol–water partition coefficient (Wildman–Crippen LogP) is 15.1. The van der Waals surface area contributed by atoms with Gasteiger partial charge in [0.2, 0.25) is 0 Å². The summed E-state index contributed by atoms with van der Waals surface area (Å²) in [6.45, 7) is 9.04. The van der Waals surface area contributed by atoms with E-state index >= 15 is 0 Å². The highest BCUT2D eigenvalue weighted by Crippen LogP contribution is 2.58. The molecule has 65 heavy (non-hydrogen) atoms. The molecule has 0 amide bonds. The lowest BCUT2D eigenvalue weighted by atomic mass is 9.80. The molecule has 1 aliphatic carbocycles. The number of hydrogen-bond donors (Lipinski definition) is 0. The summed E-state index contributed by atoms with van der Waals surface area (Å²) in [5.74, 6) is 1.94. The van der Waals surface area contributed by atoms with Gasteiger partial charge in [0.25, 0.3) is 0 Å². The van der Waals surface area contributed by atoms with Crippen molar-refractivity contribution in [2.75, 3.05) is 0 Å². The fourth-order valence-corrected chi connectivity index (χ4v) is 10.9.